The van der Waals surface area contributed by atoms with Crippen LogP contribution < -0.4 is 0 Å². The van der Waals surface area contributed by atoms with E-state index in [0.717, 1.165) is 32.7 Å². The van der Waals surface area contributed by atoms with Gasteiger partial charge < -0.3 is 9.47 Å². The highest BCUT2D eigenvalue weighted by Gasteiger charge is 2.43. The Bertz CT molecular complexity index is 478. The van der Waals surface area contributed by atoms with Gasteiger partial charge >= 0.3 is 0 Å². The van der Waals surface area contributed by atoms with Crippen LogP contribution in [0, 0.1) is 0 Å². The molecule has 1 saturated carbocycles. The highest BCUT2D eigenvalue weighted by atomic mass is 16.7. The van der Waals surface area contributed by atoms with Gasteiger partial charge in [-0.25, -0.2) is 0 Å². The van der Waals surface area contributed by atoms with Gasteiger partial charge in [-0.3, -0.25) is 4.90 Å². The van der Waals surface area contributed by atoms with Crippen LogP contribution in [0.5, 0.6) is 0 Å². The molecule has 1 aromatic carbocycles. The molecule has 1 saturated heterocycles. The third-order valence-electron chi connectivity index (χ3n) is 5.19. The Morgan fingerprint density at radius 1 is 1.15 bits per heavy atom. The molecule has 0 aromatic heterocycles. The van der Waals surface area contributed by atoms with Gasteiger partial charge in [0.05, 0.1) is 13.2 Å². The maximum atomic E-state index is 5.56. The number of nitrogens with zero attached hydrogens (tertiary/aromatic N) is 1. The third kappa shape index (κ3) is 2.18. The zero-order valence-electron chi connectivity index (χ0n) is 12.0. The van der Waals surface area contributed by atoms with Gasteiger partial charge in [-0.15, -0.1) is 0 Å². The summed E-state index contributed by atoms with van der Waals surface area (Å²) < 4.78 is 11.1. The molecule has 2 aliphatic heterocycles. The van der Waals surface area contributed by atoms with E-state index in [1.54, 1.807) is 5.56 Å². The zero-order valence-corrected chi connectivity index (χ0v) is 12.0. The van der Waals surface area contributed by atoms with E-state index in [9.17, 15) is 0 Å². The number of rotatable bonds is 3. The first kappa shape index (κ1) is 12.8. The minimum atomic E-state index is 0.0320. The van der Waals surface area contributed by atoms with Crippen molar-refractivity contribution in [2.75, 3.05) is 26.3 Å². The molecule has 0 atom stereocenters. The van der Waals surface area contributed by atoms with Gasteiger partial charge in [0, 0.05) is 31.5 Å². The Kier molecular flexibility index (Phi) is 3.29. The minimum absolute atomic E-state index is 0.0320. The van der Waals surface area contributed by atoms with E-state index in [1.807, 2.05) is 0 Å². The van der Waals surface area contributed by atoms with E-state index >= 15 is 0 Å². The van der Waals surface area contributed by atoms with Crippen LogP contribution in [0.4, 0.5) is 0 Å². The van der Waals surface area contributed by atoms with Crippen LogP contribution >= 0.6 is 0 Å². The summed E-state index contributed by atoms with van der Waals surface area (Å²) in [7, 11) is 0. The van der Waals surface area contributed by atoms with E-state index in [4.69, 9.17) is 9.47 Å². The highest BCUT2D eigenvalue weighted by Crippen LogP contribution is 2.48. The molecule has 1 aliphatic carbocycles. The van der Waals surface area contributed by atoms with Crippen LogP contribution in [0.25, 0.3) is 0 Å². The van der Waals surface area contributed by atoms with E-state index in [0.29, 0.717) is 5.41 Å². The molecule has 0 unspecified atom stereocenters. The van der Waals surface area contributed by atoms with Crippen molar-refractivity contribution in [1.29, 1.82) is 0 Å². The maximum Gasteiger partial charge on any atom is 0.159 e. The summed E-state index contributed by atoms with van der Waals surface area (Å²) in [5.41, 5.74) is 3.61. The molecule has 0 N–H and O–H groups in total. The second-order valence-corrected chi connectivity index (χ2v) is 6.46. The Morgan fingerprint density at radius 2 is 1.95 bits per heavy atom. The van der Waals surface area contributed by atoms with E-state index < -0.39 is 0 Å². The molecule has 2 heterocycles. The van der Waals surface area contributed by atoms with Gasteiger partial charge in [0.2, 0.25) is 0 Å². The summed E-state index contributed by atoms with van der Waals surface area (Å²) in [5.74, 6) is 0. The van der Waals surface area contributed by atoms with Crippen molar-refractivity contribution in [3.8, 4) is 0 Å². The first-order chi connectivity index (χ1) is 9.86. The second kappa shape index (κ2) is 5.14. The second-order valence-electron chi connectivity index (χ2n) is 6.46. The van der Waals surface area contributed by atoms with Gasteiger partial charge in [0.25, 0.3) is 0 Å². The van der Waals surface area contributed by atoms with Gasteiger partial charge in [-0.05, 0) is 24.0 Å². The molecular weight excluding hydrogens is 250 g/mol. The summed E-state index contributed by atoms with van der Waals surface area (Å²) in [6.45, 7) is 4.91. The molecule has 1 spiro atoms. The fraction of sp³-hybridized carbons (Fsp3) is 0.647. The minimum Gasteiger partial charge on any atom is -0.350 e. The monoisotopic (exact) mass is 273 g/mol. The Balaban J connectivity index is 1.47. The quantitative estimate of drug-likeness (QED) is 0.845. The molecule has 4 rings (SSSR count). The summed E-state index contributed by atoms with van der Waals surface area (Å²) in [6, 6.07) is 9.05. The maximum absolute atomic E-state index is 5.56. The average Bonchev–Trinajstić information content (AvgIpc) is 2.95. The van der Waals surface area contributed by atoms with Crippen molar-refractivity contribution in [1.82, 2.24) is 4.90 Å². The lowest BCUT2D eigenvalue weighted by Crippen LogP contribution is -2.50. The van der Waals surface area contributed by atoms with Crippen molar-refractivity contribution in [2.45, 2.75) is 43.9 Å². The Hall–Kier alpha value is -0.900. The fourth-order valence-corrected chi connectivity index (χ4v) is 4.04. The molecule has 0 radical (unpaired) electrons. The Morgan fingerprint density at radius 3 is 2.70 bits per heavy atom. The predicted molar refractivity (Wildman–Crippen MR) is 77.6 cm³/mol. The molecule has 0 amide bonds. The Labute approximate surface area is 120 Å². The van der Waals surface area contributed by atoms with Crippen molar-refractivity contribution >= 4 is 0 Å². The van der Waals surface area contributed by atoms with Crippen LogP contribution in [-0.2, 0) is 21.4 Å². The van der Waals surface area contributed by atoms with E-state index in [2.05, 4.69) is 29.2 Å². The van der Waals surface area contributed by atoms with E-state index in [1.165, 1.54) is 31.4 Å². The molecular formula is C17H23NO2. The summed E-state index contributed by atoms with van der Waals surface area (Å²) in [4.78, 5) is 2.60. The van der Waals surface area contributed by atoms with Crippen molar-refractivity contribution in [2.24, 2.45) is 0 Å². The normalized spacial score (nSPS) is 25.6. The van der Waals surface area contributed by atoms with Crippen LogP contribution in [-0.4, -0.2) is 37.5 Å². The van der Waals surface area contributed by atoms with E-state index in [-0.39, 0.29) is 6.29 Å². The first-order valence-corrected chi connectivity index (χ1v) is 7.90. The molecule has 3 aliphatic rings. The third-order valence-corrected chi connectivity index (χ3v) is 5.19. The highest BCUT2D eigenvalue weighted by molar-refractivity contribution is 5.38. The summed E-state index contributed by atoms with van der Waals surface area (Å²) >= 11 is 0. The molecule has 0 bridgehead atoms. The molecule has 108 valence electrons. The standard InChI is InChI=1S/C17H23NO2/c1-2-5-15-14(4-1)12-18(13-17(15)7-3-8-17)9-6-16-19-10-11-20-16/h1-2,4-5,16H,3,6-13H2. The smallest absolute Gasteiger partial charge is 0.159 e. The van der Waals surface area contributed by atoms with Gasteiger partial charge in [-0.1, -0.05) is 30.7 Å². The summed E-state index contributed by atoms with van der Waals surface area (Å²) in [5, 5.41) is 0. The SMILES string of the molecule is c1ccc2c(c1)CN(CCC1OCCO1)CC21CCC1. The number of ether oxygens (including phenoxy) is 2. The lowest BCUT2D eigenvalue weighted by molar-refractivity contribution is -0.0543. The molecule has 1 aromatic rings. The molecule has 2 fully saturated rings. The number of hydrogen-bond acceptors (Lipinski definition) is 3. The van der Waals surface area contributed by atoms with Gasteiger partial charge in [0.1, 0.15) is 0 Å². The topological polar surface area (TPSA) is 21.7 Å². The van der Waals surface area contributed by atoms with Gasteiger partial charge in [-0.2, -0.15) is 0 Å². The number of hydrogen-bond donors (Lipinski definition) is 0. The first-order valence-electron chi connectivity index (χ1n) is 7.90. The van der Waals surface area contributed by atoms with Crippen molar-refractivity contribution < 1.29 is 9.47 Å². The molecule has 3 heteroatoms. The largest absolute Gasteiger partial charge is 0.350 e. The van der Waals surface area contributed by atoms with Crippen LogP contribution in [0.3, 0.4) is 0 Å². The predicted octanol–water partition coefficient (Wildman–Crippen LogP) is 2.69. The lowest BCUT2D eigenvalue weighted by atomic mass is 9.61. The van der Waals surface area contributed by atoms with Crippen LogP contribution in [0.1, 0.15) is 36.8 Å². The lowest BCUT2D eigenvalue weighted by Gasteiger charge is -2.50. The van der Waals surface area contributed by atoms with Crippen LogP contribution in [0.2, 0.25) is 0 Å². The zero-order chi connectivity index (χ0) is 13.4. The number of fused-ring (bicyclic) bond motifs is 2. The molecule has 3 nitrogen and oxygen atoms in total. The van der Waals surface area contributed by atoms with Gasteiger partial charge in [0.15, 0.2) is 6.29 Å². The van der Waals surface area contributed by atoms with Crippen LogP contribution in [0.15, 0.2) is 24.3 Å². The van der Waals surface area contributed by atoms with Crippen molar-refractivity contribution in [3.05, 3.63) is 35.4 Å². The molecule has 20 heavy (non-hydrogen) atoms. The average molecular weight is 273 g/mol. The summed E-state index contributed by atoms with van der Waals surface area (Å²) in [6.07, 6.45) is 5.13. The fourth-order valence-electron chi connectivity index (χ4n) is 4.04. The number of benzene rings is 1. The van der Waals surface area contributed by atoms with Crippen molar-refractivity contribution in [3.63, 3.8) is 0 Å².